The van der Waals surface area contributed by atoms with Crippen molar-refractivity contribution in [1.82, 2.24) is 9.80 Å². The number of rotatable bonds is 3. The number of benzene rings is 1. The monoisotopic (exact) mass is 368 g/mol. The molecule has 6 heteroatoms. The number of hydrogen-bond donors (Lipinski definition) is 0. The van der Waals surface area contributed by atoms with Crippen molar-refractivity contribution in [2.45, 2.75) is 13.0 Å². The van der Waals surface area contributed by atoms with Crippen LogP contribution >= 0.6 is 34.5 Å². The Morgan fingerprint density at radius 1 is 1.13 bits per heavy atom. The Morgan fingerprint density at radius 2 is 1.78 bits per heavy atom. The van der Waals surface area contributed by atoms with Gasteiger partial charge in [0.1, 0.15) is 4.34 Å². The summed E-state index contributed by atoms with van der Waals surface area (Å²) in [6, 6.07) is 12.5. The number of thiophene rings is 1. The van der Waals surface area contributed by atoms with Crippen LogP contribution in [-0.4, -0.2) is 41.9 Å². The summed E-state index contributed by atoms with van der Waals surface area (Å²) in [7, 11) is 0. The predicted molar refractivity (Wildman–Crippen MR) is 96.7 cm³/mol. The van der Waals surface area contributed by atoms with E-state index in [2.05, 4.69) is 36.1 Å². The number of amides is 1. The molecule has 1 amide bonds. The molecular weight excluding hydrogens is 351 g/mol. The molecule has 0 radical (unpaired) electrons. The zero-order valence-corrected chi connectivity index (χ0v) is 15.2. The van der Waals surface area contributed by atoms with Crippen molar-refractivity contribution in [2.75, 3.05) is 26.2 Å². The highest BCUT2D eigenvalue weighted by molar-refractivity contribution is 7.18. The maximum Gasteiger partial charge on any atom is 0.264 e. The summed E-state index contributed by atoms with van der Waals surface area (Å²) in [6.45, 7) is 5.40. The van der Waals surface area contributed by atoms with E-state index in [1.807, 2.05) is 11.0 Å². The van der Waals surface area contributed by atoms with Crippen LogP contribution in [0.5, 0.6) is 0 Å². The summed E-state index contributed by atoms with van der Waals surface area (Å²) in [4.78, 5) is 17.4. The highest BCUT2D eigenvalue weighted by Gasteiger charge is 2.26. The van der Waals surface area contributed by atoms with Gasteiger partial charge in [0, 0.05) is 32.2 Å². The molecule has 2 aromatic rings. The summed E-state index contributed by atoms with van der Waals surface area (Å²) < 4.78 is 0.478. The SMILES string of the molecule is CC(c1ccccc1)N1CCN(C(=O)c2cc(Cl)c(Cl)s2)CC1. The molecule has 1 aliphatic rings. The molecule has 0 saturated carbocycles. The number of carbonyl (C=O) groups is 1. The van der Waals surface area contributed by atoms with Gasteiger partial charge >= 0.3 is 0 Å². The predicted octanol–water partition coefficient (Wildman–Crippen LogP) is 4.57. The third kappa shape index (κ3) is 3.72. The van der Waals surface area contributed by atoms with Crippen molar-refractivity contribution in [2.24, 2.45) is 0 Å². The first-order chi connectivity index (χ1) is 11.1. The minimum absolute atomic E-state index is 0.0239. The minimum Gasteiger partial charge on any atom is -0.335 e. The quantitative estimate of drug-likeness (QED) is 0.791. The van der Waals surface area contributed by atoms with Crippen molar-refractivity contribution in [3.05, 3.63) is 56.2 Å². The van der Waals surface area contributed by atoms with Crippen LogP contribution in [-0.2, 0) is 0 Å². The fourth-order valence-corrected chi connectivity index (χ4v) is 4.20. The molecule has 1 unspecified atom stereocenters. The van der Waals surface area contributed by atoms with Crippen LogP contribution in [0.4, 0.5) is 0 Å². The van der Waals surface area contributed by atoms with E-state index in [9.17, 15) is 4.79 Å². The van der Waals surface area contributed by atoms with Gasteiger partial charge in [-0.05, 0) is 18.6 Å². The molecule has 1 fully saturated rings. The third-order valence-corrected chi connectivity index (χ3v) is 6.14. The van der Waals surface area contributed by atoms with Gasteiger partial charge < -0.3 is 4.90 Å². The zero-order chi connectivity index (χ0) is 16.4. The molecule has 1 saturated heterocycles. The highest BCUT2D eigenvalue weighted by atomic mass is 35.5. The molecule has 2 heterocycles. The molecule has 0 N–H and O–H groups in total. The van der Waals surface area contributed by atoms with Crippen molar-refractivity contribution in [3.63, 3.8) is 0 Å². The summed E-state index contributed by atoms with van der Waals surface area (Å²) in [6.07, 6.45) is 0. The van der Waals surface area contributed by atoms with Crippen molar-refractivity contribution in [3.8, 4) is 0 Å². The lowest BCUT2D eigenvalue weighted by molar-refractivity contribution is 0.0586. The van der Waals surface area contributed by atoms with Crippen molar-refractivity contribution >= 4 is 40.4 Å². The topological polar surface area (TPSA) is 23.6 Å². The second-order valence-corrected chi connectivity index (χ2v) is 7.71. The average molecular weight is 369 g/mol. The Kier molecular flexibility index (Phi) is 5.27. The Hall–Kier alpha value is -1.07. The van der Waals surface area contributed by atoms with Crippen LogP contribution in [0, 0.1) is 0 Å². The number of nitrogens with zero attached hydrogens (tertiary/aromatic N) is 2. The van der Waals surface area contributed by atoms with Crippen LogP contribution in [0.25, 0.3) is 0 Å². The molecule has 1 aromatic heterocycles. The summed E-state index contributed by atoms with van der Waals surface area (Å²) in [5, 5.41) is 0.455. The number of halogens is 2. The van der Waals surface area contributed by atoms with Crippen LogP contribution in [0.2, 0.25) is 9.36 Å². The highest BCUT2D eigenvalue weighted by Crippen LogP contribution is 2.32. The maximum atomic E-state index is 12.5. The lowest BCUT2D eigenvalue weighted by Crippen LogP contribution is -2.49. The number of piperazine rings is 1. The molecule has 122 valence electrons. The molecule has 0 spiro atoms. The average Bonchev–Trinajstić information content (AvgIpc) is 2.93. The van der Waals surface area contributed by atoms with Gasteiger partial charge in [-0.3, -0.25) is 9.69 Å². The first kappa shape index (κ1) is 16.8. The van der Waals surface area contributed by atoms with E-state index < -0.39 is 0 Å². The lowest BCUT2D eigenvalue weighted by Gasteiger charge is -2.38. The normalized spacial score (nSPS) is 17.3. The van der Waals surface area contributed by atoms with Gasteiger partial charge in [-0.1, -0.05) is 53.5 Å². The van der Waals surface area contributed by atoms with E-state index in [4.69, 9.17) is 23.2 Å². The van der Waals surface area contributed by atoms with Crippen LogP contribution in [0.1, 0.15) is 28.2 Å². The van der Waals surface area contributed by atoms with E-state index in [0.717, 1.165) is 26.2 Å². The van der Waals surface area contributed by atoms with Gasteiger partial charge in [-0.25, -0.2) is 0 Å². The van der Waals surface area contributed by atoms with Gasteiger partial charge in [-0.2, -0.15) is 0 Å². The lowest BCUT2D eigenvalue weighted by atomic mass is 10.1. The molecule has 0 aliphatic carbocycles. The van der Waals surface area contributed by atoms with Gasteiger partial charge in [-0.15, -0.1) is 11.3 Å². The van der Waals surface area contributed by atoms with Crippen LogP contribution in [0.3, 0.4) is 0 Å². The molecule has 1 aromatic carbocycles. The molecule has 0 bridgehead atoms. The summed E-state index contributed by atoms with van der Waals surface area (Å²) in [5.41, 5.74) is 1.31. The molecular formula is C17H18Cl2N2OS. The number of carbonyl (C=O) groups excluding carboxylic acids is 1. The Labute approximate surface area is 150 Å². The summed E-state index contributed by atoms with van der Waals surface area (Å²) >= 11 is 13.1. The Morgan fingerprint density at radius 3 is 2.35 bits per heavy atom. The molecule has 3 nitrogen and oxygen atoms in total. The standard InChI is InChI=1S/C17H18Cl2N2OS/c1-12(13-5-3-2-4-6-13)20-7-9-21(10-8-20)17(22)15-11-14(18)16(19)23-15/h2-6,11-12H,7-10H2,1H3. The smallest absolute Gasteiger partial charge is 0.264 e. The van der Waals surface area contributed by atoms with E-state index in [1.54, 1.807) is 6.07 Å². The van der Waals surface area contributed by atoms with Gasteiger partial charge in [0.25, 0.3) is 5.91 Å². The van der Waals surface area contributed by atoms with E-state index in [-0.39, 0.29) is 5.91 Å². The maximum absolute atomic E-state index is 12.5. The van der Waals surface area contributed by atoms with Gasteiger partial charge in [0.05, 0.1) is 9.90 Å². The minimum atomic E-state index is 0.0239. The summed E-state index contributed by atoms with van der Waals surface area (Å²) in [5.74, 6) is 0.0239. The first-order valence-corrected chi connectivity index (χ1v) is 9.16. The second kappa shape index (κ2) is 7.22. The number of hydrogen-bond acceptors (Lipinski definition) is 3. The van der Waals surface area contributed by atoms with Crippen molar-refractivity contribution < 1.29 is 4.79 Å². The second-order valence-electron chi connectivity index (χ2n) is 5.65. The molecule has 1 atom stereocenters. The van der Waals surface area contributed by atoms with Crippen LogP contribution in [0.15, 0.2) is 36.4 Å². The fraction of sp³-hybridized carbons (Fsp3) is 0.353. The Balaban J connectivity index is 1.61. The van der Waals surface area contributed by atoms with Crippen LogP contribution < -0.4 is 0 Å². The largest absolute Gasteiger partial charge is 0.335 e. The van der Waals surface area contributed by atoms with Crippen molar-refractivity contribution in [1.29, 1.82) is 0 Å². The molecule has 23 heavy (non-hydrogen) atoms. The molecule has 1 aliphatic heterocycles. The van der Waals surface area contributed by atoms with Gasteiger partial charge in [0.2, 0.25) is 0 Å². The first-order valence-electron chi connectivity index (χ1n) is 7.59. The fourth-order valence-electron chi connectivity index (χ4n) is 2.86. The van der Waals surface area contributed by atoms with E-state index in [1.165, 1.54) is 16.9 Å². The Bertz CT molecular complexity index is 662. The third-order valence-electron chi connectivity index (χ3n) is 4.29. The zero-order valence-electron chi connectivity index (χ0n) is 12.8. The van der Waals surface area contributed by atoms with Gasteiger partial charge in [0.15, 0.2) is 0 Å². The molecule has 3 rings (SSSR count). The van der Waals surface area contributed by atoms with E-state index >= 15 is 0 Å². The van der Waals surface area contributed by atoms with E-state index in [0.29, 0.717) is 20.3 Å².